The Kier molecular flexibility index (Phi) is 6.90. The highest BCUT2D eigenvalue weighted by atomic mass is 35.5. The molecule has 0 atom stereocenters. The molecule has 0 saturated heterocycles. The summed E-state index contributed by atoms with van der Waals surface area (Å²) >= 11 is 5.90. The van der Waals surface area contributed by atoms with Gasteiger partial charge in [0, 0.05) is 29.7 Å². The van der Waals surface area contributed by atoms with Crippen LogP contribution in [0.5, 0.6) is 5.75 Å². The second-order valence-electron chi connectivity index (χ2n) is 6.88. The molecule has 156 valence electrons. The van der Waals surface area contributed by atoms with Crippen molar-refractivity contribution in [1.29, 1.82) is 0 Å². The molecule has 3 rings (SSSR count). The van der Waals surface area contributed by atoms with Gasteiger partial charge >= 0.3 is 5.97 Å². The highest BCUT2D eigenvalue weighted by Crippen LogP contribution is 2.19. The molecule has 0 spiro atoms. The molecule has 7 heteroatoms. The molecule has 0 N–H and O–H groups in total. The molecule has 2 aromatic heterocycles. The lowest BCUT2D eigenvalue weighted by atomic mass is 10.1. The third-order valence-corrected chi connectivity index (χ3v) is 5.27. The summed E-state index contributed by atoms with van der Waals surface area (Å²) < 4.78 is 12.4. The van der Waals surface area contributed by atoms with Crippen LogP contribution in [-0.4, -0.2) is 35.0 Å². The summed E-state index contributed by atoms with van der Waals surface area (Å²) in [4.78, 5) is 28.6. The molecule has 0 aliphatic carbocycles. The van der Waals surface area contributed by atoms with Gasteiger partial charge in [0.05, 0.1) is 12.7 Å². The smallest absolute Gasteiger partial charge is 0.341 e. The highest BCUT2D eigenvalue weighted by Gasteiger charge is 2.19. The van der Waals surface area contributed by atoms with Gasteiger partial charge in [-0.1, -0.05) is 23.7 Å². The summed E-state index contributed by atoms with van der Waals surface area (Å²) in [6, 6.07) is 12.8. The van der Waals surface area contributed by atoms with Crippen LogP contribution in [-0.2, 0) is 17.7 Å². The summed E-state index contributed by atoms with van der Waals surface area (Å²) in [6.07, 6.45) is 2.30. The Morgan fingerprint density at radius 1 is 1.10 bits per heavy atom. The first-order chi connectivity index (χ1) is 14.4. The number of rotatable bonds is 8. The number of pyridine rings is 1. The van der Waals surface area contributed by atoms with Crippen molar-refractivity contribution in [2.75, 3.05) is 13.7 Å². The zero-order valence-electron chi connectivity index (χ0n) is 17.1. The first kappa shape index (κ1) is 21.6. The average Bonchev–Trinajstić information content (AvgIpc) is 3.04. The number of carbonyl (C=O) groups is 2. The van der Waals surface area contributed by atoms with Crippen molar-refractivity contribution in [3.8, 4) is 5.75 Å². The fourth-order valence-corrected chi connectivity index (χ4v) is 3.48. The Morgan fingerprint density at radius 3 is 2.50 bits per heavy atom. The standard InChI is InChI=1S/C23H23ClN2O4/c1-15-13-20(21(27)14-30-23(28)19-5-4-11-25-22(19)24)16(2)26(15)12-10-17-6-8-18(29-3)9-7-17/h4-9,11,13H,10,12,14H2,1-3H3. The number of nitrogens with zero attached hydrogens (tertiary/aromatic N) is 2. The number of Topliss-reactive ketones (excluding diaryl/α,β-unsaturated/α-hetero) is 1. The number of aryl methyl sites for hydroxylation is 2. The number of hydrogen-bond acceptors (Lipinski definition) is 5. The molecular formula is C23H23ClN2O4. The highest BCUT2D eigenvalue weighted by molar-refractivity contribution is 6.32. The van der Waals surface area contributed by atoms with E-state index in [1.54, 1.807) is 13.2 Å². The SMILES string of the molecule is COc1ccc(CCn2c(C)cc(C(=O)COC(=O)c3cccnc3Cl)c2C)cc1. The minimum atomic E-state index is -0.672. The lowest BCUT2D eigenvalue weighted by Crippen LogP contribution is -2.15. The predicted octanol–water partition coefficient (Wildman–Crippen LogP) is 4.44. The van der Waals surface area contributed by atoms with Crippen LogP contribution in [0.4, 0.5) is 0 Å². The normalized spacial score (nSPS) is 10.7. The van der Waals surface area contributed by atoms with E-state index in [4.69, 9.17) is 21.1 Å². The van der Waals surface area contributed by atoms with Crippen molar-refractivity contribution in [1.82, 2.24) is 9.55 Å². The maximum Gasteiger partial charge on any atom is 0.341 e. The van der Waals surface area contributed by atoms with Crippen LogP contribution in [0.15, 0.2) is 48.7 Å². The van der Waals surface area contributed by atoms with Crippen LogP contribution in [0.1, 0.15) is 37.7 Å². The van der Waals surface area contributed by atoms with Crippen molar-refractivity contribution in [3.05, 3.63) is 81.9 Å². The van der Waals surface area contributed by atoms with Crippen molar-refractivity contribution in [2.24, 2.45) is 0 Å². The van der Waals surface area contributed by atoms with Crippen molar-refractivity contribution in [3.63, 3.8) is 0 Å². The van der Waals surface area contributed by atoms with E-state index in [0.717, 1.165) is 30.1 Å². The second-order valence-corrected chi connectivity index (χ2v) is 7.23. The van der Waals surface area contributed by atoms with Crippen LogP contribution in [0.3, 0.4) is 0 Å². The van der Waals surface area contributed by atoms with E-state index in [0.29, 0.717) is 5.56 Å². The number of hydrogen-bond donors (Lipinski definition) is 0. The van der Waals surface area contributed by atoms with E-state index < -0.39 is 5.97 Å². The van der Waals surface area contributed by atoms with Gasteiger partial charge in [-0.05, 0) is 56.2 Å². The fraction of sp³-hybridized carbons (Fsp3) is 0.261. The molecule has 0 radical (unpaired) electrons. The molecule has 0 unspecified atom stereocenters. The maximum absolute atomic E-state index is 12.6. The Labute approximate surface area is 180 Å². The van der Waals surface area contributed by atoms with Gasteiger partial charge < -0.3 is 14.0 Å². The van der Waals surface area contributed by atoms with Crippen LogP contribution in [0, 0.1) is 13.8 Å². The Morgan fingerprint density at radius 2 is 1.83 bits per heavy atom. The van der Waals surface area contributed by atoms with E-state index in [1.807, 2.05) is 44.2 Å². The van der Waals surface area contributed by atoms with Crippen molar-refractivity contribution >= 4 is 23.4 Å². The number of carbonyl (C=O) groups excluding carboxylic acids is 2. The third-order valence-electron chi connectivity index (χ3n) is 4.97. The van der Waals surface area contributed by atoms with Gasteiger partial charge in [-0.2, -0.15) is 0 Å². The van der Waals surface area contributed by atoms with Gasteiger partial charge in [-0.15, -0.1) is 0 Å². The molecule has 0 aliphatic heterocycles. The van der Waals surface area contributed by atoms with Crippen molar-refractivity contribution in [2.45, 2.75) is 26.8 Å². The Bertz CT molecular complexity index is 1060. The molecule has 30 heavy (non-hydrogen) atoms. The summed E-state index contributed by atoms with van der Waals surface area (Å²) in [6.45, 7) is 4.24. The fourth-order valence-electron chi connectivity index (χ4n) is 3.29. The first-order valence-electron chi connectivity index (χ1n) is 9.51. The zero-order valence-corrected chi connectivity index (χ0v) is 17.9. The summed E-state index contributed by atoms with van der Waals surface area (Å²) in [7, 11) is 1.64. The lowest BCUT2D eigenvalue weighted by molar-refractivity contribution is 0.0474. The van der Waals surface area contributed by atoms with Gasteiger partial charge in [0.1, 0.15) is 10.9 Å². The number of halogens is 1. The lowest BCUT2D eigenvalue weighted by Gasteiger charge is -2.10. The van der Waals surface area contributed by atoms with Crippen LogP contribution >= 0.6 is 11.6 Å². The second kappa shape index (κ2) is 9.59. The van der Waals surface area contributed by atoms with E-state index in [-0.39, 0.29) is 23.1 Å². The molecule has 0 aliphatic rings. The topological polar surface area (TPSA) is 70.4 Å². The molecule has 0 fully saturated rings. The molecule has 0 saturated carbocycles. The molecule has 3 aromatic rings. The predicted molar refractivity (Wildman–Crippen MR) is 114 cm³/mol. The van der Waals surface area contributed by atoms with Gasteiger partial charge in [0.15, 0.2) is 6.61 Å². The van der Waals surface area contributed by atoms with Crippen LogP contribution in [0.2, 0.25) is 5.15 Å². The number of ketones is 1. The molecular weight excluding hydrogens is 404 g/mol. The number of methoxy groups -OCH3 is 1. The Balaban J connectivity index is 1.64. The molecule has 0 bridgehead atoms. The average molecular weight is 427 g/mol. The summed E-state index contributed by atoms with van der Waals surface area (Å²) in [5.74, 6) is -0.107. The minimum absolute atomic E-state index is 0.0478. The summed E-state index contributed by atoms with van der Waals surface area (Å²) in [5, 5.41) is 0.0478. The van der Waals surface area contributed by atoms with Crippen LogP contribution in [0.25, 0.3) is 0 Å². The molecule has 1 aromatic carbocycles. The van der Waals surface area contributed by atoms with Gasteiger partial charge in [0.2, 0.25) is 5.78 Å². The first-order valence-corrected chi connectivity index (χ1v) is 9.89. The maximum atomic E-state index is 12.6. The van der Waals surface area contributed by atoms with E-state index in [2.05, 4.69) is 9.55 Å². The van der Waals surface area contributed by atoms with Crippen molar-refractivity contribution < 1.29 is 19.1 Å². The molecule has 6 nitrogen and oxygen atoms in total. The number of ether oxygens (including phenoxy) is 2. The Hall–Kier alpha value is -3.12. The van der Waals surface area contributed by atoms with E-state index >= 15 is 0 Å². The number of aromatic nitrogens is 2. The summed E-state index contributed by atoms with van der Waals surface area (Å²) in [5.41, 5.74) is 3.69. The third kappa shape index (κ3) is 4.89. The van der Waals surface area contributed by atoms with Gasteiger partial charge in [-0.3, -0.25) is 4.79 Å². The van der Waals surface area contributed by atoms with Gasteiger partial charge in [-0.25, -0.2) is 9.78 Å². The minimum Gasteiger partial charge on any atom is -0.497 e. The van der Waals surface area contributed by atoms with E-state index in [9.17, 15) is 9.59 Å². The van der Waals surface area contributed by atoms with Crippen LogP contribution < -0.4 is 4.74 Å². The molecule has 2 heterocycles. The monoisotopic (exact) mass is 426 g/mol. The van der Waals surface area contributed by atoms with E-state index in [1.165, 1.54) is 17.8 Å². The molecule has 0 amide bonds. The number of esters is 1. The largest absolute Gasteiger partial charge is 0.497 e. The quantitative estimate of drug-likeness (QED) is 0.302. The zero-order chi connectivity index (χ0) is 21.7. The van der Waals surface area contributed by atoms with Gasteiger partial charge in [0.25, 0.3) is 0 Å². The number of benzene rings is 1.